The Hall–Kier alpha value is -3.59. The smallest absolute Gasteiger partial charge is 0.262 e. The molecule has 2 aromatic carbocycles. The number of thiazole rings is 1. The third kappa shape index (κ3) is 6.45. The molecule has 1 aromatic heterocycles. The molecule has 0 aliphatic carbocycles. The van der Waals surface area contributed by atoms with Gasteiger partial charge in [0, 0.05) is 5.38 Å². The Bertz CT molecular complexity index is 1050. The fourth-order valence-electron chi connectivity index (χ4n) is 2.64. The number of benzene rings is 2. The number of hydrazone groups is 1. The second-order valence-corrected chi connectivity index (χ2v) is 7.20. The van der Waals surface area contributed by atoms with Crippen LogP contribution in [-0.4, -0.2) is 37.4 Å². The van der Waals surface area contributed by atoms with Crippen LogP contribution in [0, 0.1) is 6.92 Å². The first-order valence-electron chi connectivity index (χ1n) is 9.62. The number of nitrogens with zero attached hydrogens (tertiary/aromatic N) is 2. The molecule has 3 aromatic rings. The monoisotopic (exact) mass is 440 g/mol. The van der Waals surface area contributed by atoms with Crippen molar-refractivity contribution in [2.24, 2.45) is 5.10 Å². The lowest BCUT2D eigenvalue weighted by Gasteiger charge is -2.13. The van der Waals surface area contributed by atoms with Gasteiger partial charge < -0.3 is 19.5 Å². The Morgan fingerprint density at radius 1 is 1.16 bits per heavy atom. The molecule has 2 N–H and O–H groups in total. The van der Waals surface area contributed by atoms with E-state index in [4.69, 9.17) is 14.2 Å². The number of hydrogen-bond acceptors (Lipinski definition) is 8. The maximum absolute atomic E-state index is 12.3. The number of amides is 1. The van der Waals surface area contributed by atoms with Crippen molar-refractivity contribution in [2.45, 2.75) is 13.8 Å². The lowest BCUT2D eigenvalue weighted by atomic mass is 10.2. The van der Waals surface area contributed by atoms with Gasteiger partial charge in [-0.2, -0.15) is 5.10 Å². The number of anilines is 2. The van der Waals surface area contributed by atoms with Crippen molar-refractivity contribution in [2.75, 3.05) is 31.1 Å². The van der Waals surface area contributed by atoms with Gasteiger partial charge in [-0.3, -0.25) is 10.2 Å². The van der Waals surface area contributed by atoms with Gasteiger partial charge in [-0.1, -0.05) is 12.1 Å². The fourth-order valence-corrected chi connectivity index (χ4v) is 3.27. The van der Waals surface area contributed by atoms with Gasteiger partial charge in [0.1, 0.15) is 5.75 Å². The van der Waals surface area contributed by atoms with Crippen LogP contribution in [0.5, 0.6) is 17.2 Å². The summed E-state index contributed by atoms with van der Waals surface area (Å²) in [4.78, 5) is 16.6. The van der Waals surface area contributed by atoms with Crippen LogP contribution < -0.4 is 25.0 Å². The molecule has 0 aliphatic heterocycles. The molecule has 162 valence electrons. The zero-order chi connectivity index (χ0) is 22.1. The summed E-state index contributed by atoms with van der Waals surface area (Å²) in [5.74, 6) is 1.27. The number of carbonyl (C=O) groups is 1. The van der Waals surface area contributed by atoms with E-state index >= 15 is 0 Å². The van der Waals surface area contributed by atoms with E-state index in [1.807, 2.05) is 37.4 Å². The highest BCUT2D eigenvalue weighted by Crippen LogP contribution is 2.28. The van der Waals surface area contributed by atoms with Crippen molar-refractivity contribution >= 4 is 34.3 Å². The highest BCUT2D eigenvalue weighted by atomic mass is 32.1. The standard InChI is InChI=1S/C22H24N4O4S/c1-4-29-20-11-16(12-23-26-22-24-15(2)14-31-22)9-10-19(20)30-13-21(27)25-17-7-5-6-8-18(17)28-3/h5-12,14H,4,13H2,1-3H3,(H,24,26)(H,25,27). The van der Waals surface area contributed by atoms with Crippen LogP contribution >= 0.6 is 11.3 Å². The van der Waals surface area contributed by atoms with Crippen LogP contribution in [0.1, 0.15) is 18.2 Å². The zero-order valence-electron chi connectivity index (χ0n) is 17.5. The van der Waals surface area contributed by atoms with Gasteiger partial charge in [0.25, 0.3) is 5.91 Å². The molecule has 0 bridgehead atoms. The zero-order valence-corrected chi connectivity index (χ0v) is 18.4. The van der Waals surface area contributed by atoms with Crippen LogP contribution in [-0.2, 0) is 4.79 Å². The average Bonchev–Trinajstić information content (AvgIpc) is 3.18. The molecule has 1 amide bonds. The quantitative estimate of drug-likeness (QED) is 0.360. The van der Waals surface area contributed by atoms with E-state index in [-0.39, 0.29) is 12.5 Å². The first-order chi connectivity index (χ1) is 15.1. The summed E-state index contributed by atoms with van der Waals surface area (Å²) in [7, 11) is 1.55. The number of para-hydroxylation sites is 2. The molecule has 0 radical (unpaired) electrons. The Morgan fingerprint density at radius 2 is 2.00 bits per heavy atom. The molecule has 1 heterocycles. The van der Waals surface area contributed by atoms with Gasteiger partial charge in [-0.05, 0) is 49.7 Å². The number of methoxy groups -OCH3 is 1. The molecule has 0 atom stereocenters. The maximum atomic E-state index is 12.3. The highest BCUT2D eigenvalue weighted by Gasteiger charge is 2.11. The molecule has 9 heteroatoms. The van der Waals surface area contributed by atoms with Crippen molar-refractivity contribution in [1.82, 2.24) is 4.98 Å². The van der Waals surface area contributed by atoms with Crippen LogP contribution in [0.15, 0.2) is 52.9 Å². The molecule has 0 saturated heterocycles. The van der Waals surface area contributed by atoms with Crippen LogP contribution in [0.25, 0.3) is 0 Å². The van der Waals surface area contributed by atoms with Crippen LogP contribution in [0.3, 0.4) is 0 Å². The first-order valence-corrected chi connectivity index (χ1v) is 10.5. The molecule has 8 nitrogen and oxygen atoms in total. The number of aryl methyl sites for hydroxylation is 1. The molecule has 3 rings (SSSR count). The highest BCUT2D eigenvalue weighted by molar-refractivity contribution is 7.13. The predicted molar refractivity (Wildman–Crippen MR) is 123 cm³/mol. The topological polar surface area (TPSA) is 94.1 Å². The van der Waals surface area contributed by atoms with Gasteiger partial charge >= 0.3 is 0 Å². The predicted octanol–water partition coefficient (Wildman–Crippen LogP) is 4.32. The summed E-state index contributed by atoms with van der Waals surface area (Å²) < 4.78 is 16.6. The van der Waals surface area contributed by atoms with E-state index in [1.54, 1.807) is 37.6 Å². The number of rotatable bonds is 10. The number of aromatic nitrogens is 1. The minimum absolute atomic E-state index is 0.170. The van der Waals surface area contributed by atoms with E-state index in [9.17, 15) is 4.79 Å². The minimum atomic E-state index is -0.305. The Morgan fingerprint density at radius 3 is 2.74 bits per heavy atom. The summed E-state index contributed by atoms with van der Waals surface area (Å²) in [5.41, 5.74) is 5.23. The lowest BCUT2D eigenvalue weighted by molar-refractivity contribution is -0.118. The Kier molecular flexibility index (Phi) is 7.83. The van der Waals surface area contributed by atoms with Crippen molar-refractivity contribution in [3.63, 3.8) is 0 Å². The summed E-state index contributed by atoms with van der Waals surface area (Å²) in [5, 5.41) is 9.64. The lowest BCUT2D eigenvalue weighted by Crippen LogP contribution is -2.20. The minimum Gasteiger partial charge on any atom is -0.495 e. The fraction of sp³-hybridized carbons (Fsp3) is 0.227. The van der Waals surface area contributed by atoms with Crippen molar-refractivity contribution in [3.05, 3.63) is 59.1 Å². The SMILES string of the molecule is CCOc1cc(C=NNc2nc(C)cs2)ccc1OCC(=O)Nc1ccccc1OC. The molecular weight excluding hydrogens is 416 g/mol. The van der Waals surface area contributed by atoms with Gasteiger partial charge in [0.15, 0.2) is 18.1 Å². The molecule has 31 heavy (non-hydrogen) atoms. The van der Waals surface area contributed by atoms with E-state index in [1.165, 1.54) is 11.3 Å². The number of carbonyl (C=O) groups excluding carboxylic acids is 1. The third-order valence-electron chi connectivity index (χ3n) is 4.00. The van der Waals surface area contributed by atoms with Crippen molar-refractivity contribution in [1.29, 1.82) is 0 Å². The van der Waals surface area contributed by atoms with E-state index in [2.05, 4.69) is 20.8 Å². The van der Waals surface area contributed by atoms with Gasteiger partial charge in [0.05, 0.1) is 31.3 Å². The summed E-state index contributed by atoms with van der Waals surface area (Å²) in [6.07, 6.45) is 1.66. The molecule has 0 spiro atoms. The molecule has 0 saturated carbocycles. The Labute approximate surface area is 184 Å². The van der Waals surface area contributed by atoms with Gasteiger partial charge in [-0.15, -0.1) is 11.3 Å². The van der Waals surface area contributed by atoms with Gasteiger partial charge in [-0.25, -0.2) is 4.98 Å². The Balaban J connectivity index is 1.61. The summed E-state index contributed by atoms with van der Waals surface area (Å²) >= 11 is 1.48. The second kappa shape index (κ2) is 11.0. The van der Waals surface area contributed by atoms with E-state index in [0.717, 1.165) is 16.4 Å². The van der Waals surface area contributed by atoms with Crippen LogP contribution in [0.4, 0.5) is 10.8 Å². The van der Waals surface area contributed by atoms with Gasteiger partial charge in [0.2, 0.25) is 5.13 Å². The van der Waals surface area contributed by atoms with Crippen molar-refractivity contribution < 1.29 is 19.0 Å². The van der Waals surface area contributed by atoms with E-state index in [0.29, 0.717) is 29.5 Å². The van der Waals surface area contributed by atoms with Crippen molar-refractivity contribution in [3.8, 4) is 17.2 Å². The summed E-state index contributed by atoms with van der Waals surface area (Å²) in [6, 6.07) is 12.6. The van der Waals surface area contributed by atoms with E-state index < -0.39 is 0 Å². The summed E-state index contributed by atoms with van der Waals surface area (Å²) in [6.45, 7) is 4.10. The maximum Gasteiger partial charge on any atom is 0.262 e. The number of hydrogen-bond donors (Lipinski definition) is 2. The molecule has 0 fully saturated rings. The second-order valence-electron chi connectivity index (χ2n) is 6.34. The largest absolute Gasteiger partial charge is 0.495 e. The molecule has 0 aliphatic rings. The average molecular weight is 441 g/mol. The number of nitrogens with one attached hydrogen (secondary N) is 2. The number of ether oxygens (including phenoxy) is 3. The molecule has 0 unspecified atom stereocenters. The molecular formula is C22H24N4O4S. The first kappa shape index (κ1) is 22.1. The normalized spacial score (nSPS) is 10.7. The third-order valence-corrected chi connectivity index (χ3v) is 4.87. The van der Waals surface area contributed by atoms with Crippen LogP contribution in [0.2, 0.25) is 0 Å².